The zero-order valence-corrected chi connectivity index (χ0v) is 22.7. The van der Waals surface area contributed by atoms with Crippen molar-refractivity contribution in [2.24, 2.45) is 0 Å². The van der Waals surface area contributed by atoms with E-state index in [4.69, 9.17) is 4.74 Å². The largest absolute Gasteiger partial charge is 0.491 e. The van der Waals surface area contributed by atoms with Crippen LogP contribution in [0.4, 0.5) is 10.1 Å². The van der Waals surface area contributed by atoms with Crippen molar-refractivity contribution in [2.45, 2.75) is 45.1 Å². The molecule has 3 aromatic rings. The molecular formula is C29H31FN2O5S. The summed E-state index contributed by atoms with van der Waals surface area (Å²) in [6, 6.07) is 14.2. The topological polar surface area (TPSA) is 92.8 Å². The third-order valence-electron chi connectivity index (χ3n) is 6.65. The first-order chi connectivity index (χ1) is 18.0. The van der Waals surface area contributed by atoms with Crippen LogP contribution in [0.2, 0.25) is 0 Å². The van der Waals surface area contributed by atoms with E-state index < -0.39 is 20.5 Å². The van der Waals surface area contributed by atoms with Crippen molar-refractivity contribution < 1.29 is 27.1 Å². The molecule has 0 atom stereocenters. The Morgan fingerprint density at radius 3 is 2.39 bits per heavy atom. The van der Waals surface area contributed by atoms with Crippen LogP contribution in [0.15, 0.2) is 53.4 Å². The summed E-state index contributed by atoms with van der Waals surface area (Å²) in [5.74, 6) is -0.708. The number of hydrogen-bond acceptors (Lipinski definition) is 5. The summed E-state index contributed by atoms with van der Waals surface area (Å²) in [6.07, 6.45) is 1.87. The normalized spacial score (nSPS) is 13.3. The van der Waals surface area contributed by atoms with Gasteiger partial charge < -0.3 is 15.0 Å². The van der Waals surface area contributed by atoms with Gasteiger partial charge in [-0.3, -0.25) is 9.59 Å². The van der Waals surface area contributed by atoms with Gasteiger partial charge >= 0.3 is 0 Å². The minimum Gasteiger partial charge on any atom is -0.491 e. The summed E-state index contributed by atoms with van der Waals surface area (Å²) in [7, 11) is -3.76. The highest BCUT2D eigenvalue weighted by atomic mass is 32.2. The molecule has 3 aromatic carbocycles. The molecule has 1 aliphatic rings. The Balaban J connectivity index is 1.67. The fraction of sp³-hybridized carbons (Fsp3) is 0.310. The second-order valence-corrected chi connectivity index (χ2v) is 11.3. The van der Waals surface area contributed by atoms with Crippen molar-refractivity contribution >= 4 is 27.3 Å². The number of halogens is 1. The van der Waals surface area contributed by atoms with E-state index in [9.17, 15) is 18.0 Å². The van der Waals surface area contributed by atoms with Crippen LogP contribution in [-0.2, 0) is 34.0 Å². The van der Waals surface area contributed by atoms with Crippen LogP contribution in [-0.4, -0.2) is 44.5 Å². The van der Waals surface area contributed by atoms with Crippen LogP contribution in [0, 0.1) is 5.82 Å². The molecule has 38 heavy (non-hydrogen) atoms. The van der Waals surface area contributed by atoms with Crippen LogP contribution in [0.25, 0.3) is 11.1 Å². The molecule has 0 fully saturated rings. The van der Waals surface area contributed by atoms with Crippen LogP contribution < -0.4 is 10.1 Å². The van der Waals surface area contributed by atoms with E-state index in [1.807, 2.05) is 43.3 Å². The Kier molecular flexibility index (Phi) is 7.87. The van der Waals surface area contributed by atoms with Crippen molar-refractivity contribution in [2.75, 3.05) is 24.7 Å². The average molecular weight is 539 g/mol. The quantitative estimate of drug-likeness (QED) is 0.476. The third-order valence-corrected chi connectivity index (χ3v) is 7.76. The Morgan fingerprint density at radius 2 is 1.74 bits per heavy atom. The number of ether oxygens (including phenoxy) is 1. The molecule has 7 nitrogen and oxygen atoms in total. The van der Waals surface area contributed by atoms with Crippen LogP contribution in [0.3, 0.4) is 0 Å². The van der Waals surface area contributed by atoms with Gasteiger partial charge in [-0.1, -0.05) is 26.0 Å². The number of nitrogens with zero attached hydrogens (tertiary/aromatic N) is 1. The molecule has 0 spiro atoms. The number of fused-ring (bicyclic) bond motifs is 1. The van der Waals surface area contributed by atoms with Gasteiger partial charge in [-0.15, -0.1) is 0 Å². The maximum atomic E-state index is 15.1. The highest BCUT2D eigenvalue weighted by Gasteiger charge is 2.27. The van der Waals surface area contributed by atoms with Gasteiger partial charge in [0.05, 0.1) is 6.54 Å². The number of nitrogens with one attached hydrogen (secondary N) is 1. The van der Waals surface area contributed by atoms with Crippen LogP contribution >= 0.6 is 0 Å². The molecule has 1 aliphatic heterocycles. The molecule has 0 aliphatic carbocycles. The van der Waals surface area contributed by atoms with Gasteiger partial charge in [0.15, 0.2) is 9.84 Å². The van der Waals surface area contributed by atoms with Gasteiger partial charge in [-0.25, -0.2) is 12.8 Å². The number of carbonyl (C=O) groups is 2. The molecule has 4 rings (SSSR count). The predicted octanol–water partition coefficient (Wildman–Crippen LogP) is 5.01. The Bertz CT molecular complexity index is 1520. The number of sulfone groups is 1. The number of amides is 2. The monoisotopic (exact) mass is 538 g/mol. The van der Waals surface area contributed by atoms with E-state index >= 15 is 4.39 Å². The maximum absolute atomic E-state index is 15.1. The summed E-state index contributed by atoms with van der Waals surface area (Å²) >= 11 is 0. The third kappa shape index (κ3) is 5.57. The van der Waals surface area contributed by atoms with Crippen LogP contribution in [0.5, 0.6) is 5.75 Å². The molecule has 0 bridgehead atoms. The lowest BCUT2D eigenvalue weighted by molar-refractivity contribution is -0.114. The SMILES string of the molecule is CCc1cc(-c2ccc3c(c2)CN(C(=O)c2ccc(S(C)(=O)=O)c(F)c2CC)CCO3)ccc1NC(C)=O. The predicted molar refractivity (Wildman–Crippen MR) is 145 cm³/mol. The minimum absolute atomic E-state index is 0.0865. The molecule has 1 N–H and O–H groups in total. The molecule has 2 amide bonds. The summed E-state index contributed by atoms with van der Waals surface area (Å²) in [5, 5.41) is 2.86. The van der Waals surface area contributed by atoms with Gasteiger partial charge in [-0.05, 0) is 65.9 Å². The number of anilines is 1. The number of rotatable bonds is 6. The Hall–Kier alpha value is -3.72. The highest BCUT2D eigenvalue weighted by Crippen LogP contribution is 2.32. The number of hydrogen-bond donors (Lipinski definition) is 1. The number of carbonyl (C=O) groups excluding carboxylic acids is 2. The lowest BCUT2D eigenvalue weighted by Crippen LogP contribution is -2.33. The average Bonchev–Trinajstić information content (AvgIpc) is 3.09. The number of benzene rings is 3. The molecular weight excluding hydrogens is 507 g/mol. The van der Waals surface area contributed by atoms with Gasteiger partial charge in [0.25, 0.3) is 5.91 Å². The smallest absolute Gasteiger partial charge is 0.254 e. The van der Waals surface area contributed by atoms with E-state index in [-0.39, 0.29) is 42.5 Å². The summed E-state index contributed by atoms with van der Waals surface area (Å²) < 4.78 is 44.9. The van der Waals surface area contributed by atoms with E-state index in [1.54, 1.807) is 11.8 Å². The maximum Gasteiger partial charge on any atom is 0.254 e. The van der Waals surface area contributed by atoms with E-state index in [0.29, 0.717) is 12.3 Å². The van der Waals surface area contributed by atoms with Crippen molar-refractivity contribution in [1.82, 2.24) is 4.90 Å². The standard InChI is InChI=1S/C29H31FN2O5S/c1-5-19-15-20(7-10-25(19)31-18(3)33)21-8-11-26-22(16-21)17-32(13-14-37-26)29(34)24-9-12-27(38(4,35)36)28(30)23(24)6-2/h7-12,15-16H,5-6,13-14,17H2,1-4H3,(H,31,33). The second-order valence-electron chi connectivity index (χ2n) is 9.33. The van der Waals surface area contributed by atoms with Gasteiger partial charge in [0.1, 0.15) is 23.1 Å². The Labute approximate surface area is 222 Å². The molecule has 1 heterocycles. The molecule has 9 heteroatoms. The lowest BCUT2D eigenvalue weighted by atomic mass is 9.98. The summed E-state index contributed by atoms with van der Waals surface area (Å²) in [4.78, 5) is 26.3. The van der Waals surface area contributed by atoms with Gasteiger partial charge in [-0.2, -0.15) is 0 Å². The van der Waals surface area contributed by atoms with Crippen LogP contribution in [0.1, 0.15) is 47.8 Å². The molecule has 0 aromatic heterocycles. The zero-order valence-electron chi connectivity index (χ0n) is 21.9. The first kappa shape index (κ1) is 27.3. The van der Waals surface area contributed by atoms with Gasteiger partial charge in [0.2, 0.25) is 5.91 Å². The summed E-state index contributed by atoms with van der Waals surface area (Å²) in [5.41, 5.74) is 4.73. The second kappa shape index (κ2) is 10.9. The van der Waals surface area contributed by atoms with E-state index in [0.717, 1.165) is 46.7 Å². The highest BCUT2D eigenvalue weighted by molar-refractivity contribution is 7.90. The first-order valence-electron chi connectivity index (χ1n) is 12.5. The lowest BCUT2D eigenvalue weighted by Gasteiger charge is -2.22. The van der Waals surface area contributed by atoms with Gasteiger partial charge in [0, 0.05) is 42.1 Å². The summed E-state index contributed by atoms with van der Waals surface area (Å²) in [6.45, 7) is 6.02. The van der Waals surface area contributed by atoms with Crippen molar-refractivity contribution in [3.8, 4) is 16.9 Å². The molecule has 0 saturated carbocycles. The molecule has 0 unspecified atom stereocenters. The number of aryl methyl sites for hydroxylation is 1. The fourth-order valence-corrected chi connectivity index (χ4v) is 5.49. The molecule has 200 valence electrons. The minimum atomic E-state index is -3.76. The van der Waals surface area contributed by atoms with Crippen molar-refractivity contribution in [3.05, 3.63) is 76.6 Å². The van der Waals surface area contributed by atoms with Crippen molar-refractivity contribution in [3.63, 3.8) is 0 Å². The first-order valence-corrected chi connectivity index (χ1v) is 14.4. The zero-order chi connectivity index (χ0) is 27.6. The fourth-order valence-electron chi connectivity index (χ4n) is 4.73. The Morgan fingerprint density at radius 1 is 1.03 bits per heavy atom. The van der Waals surface area contributed by atoms with E-state index in [1.165, 1.54) is 13.0 Å². The molecule has 0 saturated heterocycles. The molecule has 0 radical (unpaired) electrons. The van der Waals surface area contributed by atoms with E-state index in [2.05, 4.69) is 5.32 Å². The van der Waals surface area contributed by atoms with Crippen molar-refractivity contribution in [1.29, 1.82) is 0 Å².